The van der Waals surface area contributed by atoms with Crippen molar-refractivity contribution in [2.24, 2.45) is 13.0 Å². The lowest BCUT2D eigenvalue weighted by molar-refractivity contribution is -0.139. The Bertz CT molecular complexity index is 1290. The second-order valence-corrected chi connectivity index (χ2v) is 8.05. The molecule has 0 amide bonds. The zero-order valence-electron chi connectivity index (χ0n) is 17.2. The lowest BCUT2D eigenvalue weighted by atomic mass is 9.89. The number of aliphatic carboxylic acids is 1. The van der Waals surface area contributed by atoms with Crippen LogP contribution in [-0.2, 0) is 11.8 Å². The standard InChI is InChI=1S/C22H23N5O3/c1-12-19(17(22(28)29)8-13-4-5-13)20(14-10-23-26(2)11-14)27-21(24-12)16-7-6-15(30-3)9-18(16)25-27/h6-7,9-11,13,17H,4-5,8H2,1-3H3,(H,28,29). The first-order chi connectivity index (χ1) is 14.5. The van der Waals surface area contributed by atoms with Crippen LogP contribution in [0.4, 0.5) is 0 Å². The summed E-state index contributed by atoms with van der Waals surface area (Å²) in [4.78, 5) is 17.1. The van der Waals surface area contributed by atoms with Gasteiger partial charge in [-0.3, -0.25) is 9.48 Å². The molecule has 0 saturated heterocycles. The first-order valence-corrected chi connectivity index (χ1v) is 10.0. The molecule has 1 N–H and O–H groups in total. The van der Waals surface area contributed by atoms with Crippen molar-refractivity contribution < 1.29 is 14.6 Å². The van der Waals surface area contributed by atoms with E-state index in [-0.39, 0.29) is 0 Å². The summed E-state index contributed by atoms with van der Waals surface area (Å²) in [6.45, 7) is 1.89. The van der Waals surface area contributed by atoms with Crippen molar-refractivity contribution in [3.63, 3.8) is 0 Å². The number of aromatic nitrogens is 5. The highest BCUT2D eigenvalue weighted by molar-refractivity contribution is 5.94. The van der Waals surface area contributed by atoms with Gasteiger partial charge < -0.3 is 9.84 Å². The molecule has 0 spiro atoms. The van der Waals surface area contributed by atoms with Crippen LogP contribution in [0.1, 0.15) is 36.4 Å². The number of nitrogens with zero attached hydrogens (tertiary/aromatic N) is 5. The second-order valence-electron chi connectivity index (χ2n) is 8.05. The van der Waals surface area contributed by atoms with Crippen molar-refractivity contribution in [2.45, 2.75) is 32.1 Å². The van der Waals surface area contributed by atoms with Crippen molar-refractivity contribution in [2.75, 3.05) is 7.11 Å². The Morgan fingerprint density at radius 1 is 1.37 bits per heavy atom. The fourth-order valence-corrected chi connectivity index (χ4v) is 4.21. The zero-order chi connectivity index (χ0) is 21.0. The van der Waals surface area contributed by atoms with Gasteiger partial charge >= 0.3 is 5.97 Å². The van der Waals surface area contributed by atoms with E-state index in [1.165, 1.54) is 0 Å². The molecular formula is C22H23N5O3. The van der Waals surface area contributed by atoms with Gasteiger partial charge in [-0.1, -0.05) is 12.8 Å². The molecule has 154 valence electrons. The number of ether oxygens (including phenoxy) is 1. The van der Waals surface area contributed by atoms with E-state index in [0.717, 1.165) is 40.6 Å². The van der Waals surface area contributed by atoms with Crippen molar-refractivity contribution in [1.29, 1.82) is 0 Å². The van der Waals surface area contributed by atoms with Gasteiger partial charge in [0.25, 0.3) is 0 Å². The molecule has 8 heteroatoms. The van der Waals surface area contributed by atoms with Gasteiger partial charge in [-0.05, 0) is 31.4 Å². The van der Waals surface area contributed by atoms with Crippen molar-refractivity contribution in [3.8, 4) is 17.0 Å². The van der Waals surface area contributed by atoms with E-state index in [1.807, 2.05) is 38.4 Å². The molecule has 1 fully saturated rings. The highest BCUT2D eigenvalue weighted by Crippen LogP contribution is 2.42. The van der Waals surface area contributed by atoms with Gasteiger partial charge in [0.15, 0.2) is 5.65 Å². The number of aryl methyl sites for hydroxylation is 2. The summed E-state index contributed by atoms with van der Waals surface area (Å²) in [7, 11) is 3.46. The van der Waals surface area contributed by atoms with Crippen LogP contribution in [0.5, 0.6) is 5.75 Å². The fourth-order valence-electron chi connectivity index (χ4n) is 4.21. The molecule has 1 atom stereocenters. The SMILES string of the molecule is COc1ccc2c(c1)nn1c(-c3cnn(C)c3)c(C(CC3CC3)C(=O)O)c(C)nc21. The Labute approximate surface area is 173 Å². The van der Waals surface area contributed by atoms with E-state index in [2.05, 4.69) is 5.10 Å². The van der Waals surface area contributed by atoms with Gasteiger partial charge in [0.05, 0.1) is 30.4 Å². The molecule has 1 aromatic carbocycles. The average Bonchev–Trinajstić information content (AvgIpc) is 3.33. The van der Waals surface area contributed by atoms with Crippen LogP contribution in [0.15, 0.2) is 30.6 Å². The number of methoxy groups -OCH3 is 1. The van der Waals surface area contributed by atoms with Crippen LogP contribution in [0.3, 0.4) is 0 Å². The first-order valence-electron chi connectivity index (χ1n) is 10.0. The van der Waals surface area contributed by atoms with E-state index in [4.69, 9.17) is 14.8 Å². The highest BCUT2D eigenvalue weighted by Gasteiger charge is 2.34. The van der Waals surface area contributed by atoms with Gasteiger partial charge in [-0.15, -0.1) is 0 Å². The van der Waals surface area contributed by atoms with Crippen LogP contribution >= 0.6 is 0 Å². The number of hydrogen-bond acceptors (Lipinski definition) is 5. The number of fused-ring (bicyclic) bond motifs is 3. The number of rotatable bonds is 6. The maximum Gasteiger partial charge on any atom is 0.311 e. The Morgan fingerprint density at radius 2 is 2.17 bits per heavy atom. The Hall–Kier alpha value is -3.42. The monoisotopic (exact) mass is 405 g/mol. The van der Waals surface area contributed by atoms with E-state index >= 15 is 0 Å². The van der Waals surface area contributed by atoms with Crippen molar-refractivity contribution in [3.05, 3.63) is 41.9 Å². The van der Waals surface area contributed by atoms with Crippen LogP contribution < -0.4 is 4.74 Å². The number of benzene rings is 1. The molecule has 0 aliphatic heterocycles. The molecule has 0 radical (unpaired) electrons. The minimum absolute atomic E-state index is 0.462. The van der Waals surface area contributed by atoms with Gasteiger partial charge in [0.2, 0.25) is 0 Å². The molecular weight excluding hydrogens is 382 g/mol. The third-order valence-electron chi connectivity index (χ3n) is 5.88. The minimum atomic E-state index is -0.824. The molecule has 1 saturated carbocycles. The van der Waals surface area contributed by atoms with E-state index in [9.17, 15) is 9.90 Å². The molecule has 8 nitrogen and oxygen atoms in total. The van der Waals surface area contributed by atoms with Crippen LogP contribution in [0.2, 0.25) is 0 Å². The first kappa shape index (κ1) is 18.6. The molecule has 3 aromatic heterocycles. The minimum Gasteiger partial charge on any atom is -0.497 e. The summed E-state index contributed by atoms with van der Waals surface area (Å²) in [5, 5.41) is 20.1. The number of hydrogen-bond donors (Lipinski definition) is 1. The predicted octanol–water partition coefficient (Wildman–Crippen LogP) is 3.57. The Balaban J connectivity index is 1.85. The number of carboxylic acid groups (broad SMARTS) is 1. The van der Waals surface area contributed by atoms with E-state index in [1.54, 1.807) is 22.5 Å². The predicted molar refractivity (Wildman–Crippen MR) is 112 cm³/mol. The second kappa shape index (κ2) is 6.83. The van der Waals surface area contributed by atoms with Crippen LogP contribution in [0.25, 0.3) is 27.8 Å². The van der Waals surface area contributed by atoms with E-state index in [0.29, 0.717) is 29.4 Å². The van der Waals surface area contributed by atoms with Gasteiger partial charge in [0, 0.05) is 41.5 Å². The molecule has 30 heavy (non-hydrogen) atoms. The molecule has 4 aromatic rings. The summed E-state index contributed by atoms with van der Waals surface area (Å²) < 4.78 is 8.83. The van der Waals surface area contributed by atoms with Crippen LogP contribution in [0, 0.1) is 12.8 Å². The maximum atomic E-state index is 12.3. The van der Waals surface area contributed by atoms with E-state index < -0.39 is 11.9 Å². The maximum absolute atomic E-state index is 12.3. The fraction of sp³-hybridized carbons (Fsp3) is 0.364. The normalized spacial score (nSPS) is 15.0. The molecule has 1 aliphatic rings. The summed E-state index contributed by atoms with van der Waals surface area (Å²) in [6, 6.07) is 5.69. The summed E-state index contributed by atoms with van der Waals surface area (Å²) in [5.41, 5.74) is 4.45. The van der Waals surface area contributed by atoms with Gasteiger partial charge in [-0.2, -0.15) is 10.2 Å². The summed E-state index contributed by atoms with van der Waals surface area (Å²) in [6.07, 6.45) is 6.44. The number of carbonyl (C=O) groups is 1. The topological polar surface area (TPSA) is 94.5 Å². The highest BCUT2D eigenvalue weighted by atomic mass is 16.5. The van der Waals surface area contributed by atoms with Gasteiger partial charge in [-0.25, -0.2) is 9.50 Å². The third-order valence-corrected chi connectivity index (χ3v) is 5.88. The largest absolute Gasteiger partial charge is 0.497 e. The molecule has 3 heterocycles. The Kier molecular flexibility index (Phi) is 4.23. The van der Waals surface area contributed by atoms with Gasteiger partial charge in [0.1, 0.15) is 5.75 Å². The summed E-state index contributed by atoms with van der Waals surface area (Å²) >= 11 is 0. The van der Waals surface area contributed by atoms with Crippen molar-refractivity contribution in [1.82, 2.24) is 24.4 Å². The smallest absolute Gasteiger partial charge is 0.311 e. The number of carboxylic acids is 1. The third kappa shape index (κ3) is 2.99. The molecule has 1 aliphatic carbocycles. The van der Waals surface area contributed by atoms with Crippen molar-refractivity contribution >= 4 is 22.5 Å². The lowest BCUT2D eigenvalue weighted by Gasteiger charge is -2.19. The Morgan fingerprint density at radius 3 is 2.80 bits per heavy atom. The summed E-state index contributed by atoms with van der Waals surface area (Å²) in [5.74, 6) is -0.284. The lowest BCUT2D eigenvalue weighted by Crippen LogP contribution is -2.18. The molecule has 1 unspecified atom stereocenters. The van der Waals surface area contributed by atoms with Crippen LogP contribution in [-0.4, -0.2) is 42.6 Å². The zero-order valence-corrected chi connectivity index (χ0v) is 17.2. The quantitative estimate of drug-likeness (QED) is 0.527. The molecule has 0 bridgehead atoms. The molecule has 5 rings (SSSR count). The average molecular weight is 405 g/mol.